The second-order valence-electron chi connectivity index (χ2n) is 5.05. The van der Waals surface area contributed by atoms with Gasteiger partial charge >= 0.3 is 12.7 Å². The molecule has 2 rings (SSSR count). The summed E-state index contributed by atoms with van der Waals surface area (Å²) >= 11 is 2.05. The number of alkyl halides is 7. The molecule has 2 aromatic rings. The smallest absolute Gasteiger partial charge is 0.406 e. The van der Waals surface area contributed by atoms with Gasteiger partial charge in [-0.25, -0.2) is 0 Å². The van der Waals surface area contributed by atoms with Gasteiger partial charge in [0, 0.05) is 6.54 Å². The Morgan fingerprint density at radius 1 is 0.769 bits per heavy atom. The quantitative estimate of drug-likeness (QED) is 0.243. The van der Waals surface area contributed by atoms with Gasteiger partial charge in [0.1, 0.15) is 11.5 Å². The first-order valence-corrected chi connectivity index (χ1v) is 8.34. The molecule has 3 nitrogen and oxygen atoms in total. The Balaban J connectivity index is 1.89. The predicted octanol–water partition coefficient (Wildman–Crippen LogP) is 5.71. The maximum Gasteiger partial charge on any atom is 0.573 e. The van der Waals surface area contributed by atoms with E-state index in [-0.39, 0.29) is 15.5 Å². The van der Waals surface area contributed by atoms with E-state index in [0.29, 0.717) is 6.54 Å². The minimum atomic E-state index is -4.74. The summed E-state index contributed by atoms with van der Waals surface area (Å²) in [7, 11) is 0. The summed E-state index contributed by atoms with van der Waals surface area (Å²) in [5.74, 6) is -0.627. The van der Waals surface area contributed by atoms with Crippen LogP contribution < -0.4 is 14.8 Å². The first-order chi connectivity index (χ1) is 12.0. The minimum absolute atomic E-state index is 0.223. The zero-order valence-corrected chi connectivity index (χ0v) is 15.0. The maximum atomic E-state index is 12.1. The summed E-state index contributed by atoms with van der Waals surface area (Å²) in [4.78, 5) is 0. The van der Waals surface area contributed by atoms with Crippen LogP contribution in [0.3, 0.4) is 0 Å². The van der Waals surface area contributed by atoms with Crippen molar-refractivity contribution in [2.75, 3.05) is 0 Å². The van der Waals surface area contributed by atoms with Gasteiger partial charge in [-0.2, -0.15) is 0 Å². The van der Waals surface area contributed by atoms with Crippen LogP contribution in [0, 0.1) is 0 Å². The Hall–Kier alpha value is -1.69. The molecule has 0 radical (unpaired) electrons. The Labute approximate surface area is 158 Å². The zero-order chi connectivity index (χ0) is 19.4. The van der Waals surface area contributed by atoms with Gasteiger partial charge in [-0.15, -0.1) is 26.3 Å². The van der Waals surface area contributed by atoms with Gasteiger partial charge in [-0.05, 0) is 35.4 Å². The Morgan fingerprint density at radius 3 is 1.62 bits per heavy atom. The highest BCUT2D eigenvalue weighted by atomic mass is 127. The normalized spacial score (nSPS) is 13.3. The highest BCUT2D eigenvalue weighted by molar-refractivity contribution is 14.1. The average Bonchev–Trinajstić information content (AvgIpc) is 2.51. The van der Waals surface area contributed by atoms with Crippen LogP contribution in [0.4, 0.5) is 26.3 Å². The number of hydrogen-bond donors (Lipinski definition) is 1. The second kappa shape index (κ2) is 8.33. The molecule has 0 fully saturated rings. The van der Waals surface area contributed by atoms with Gasteiger partial charge in [-0.3, -0.25) is 5.32 Å². The fourth-order valence-electron chi connectivity index (χ4n) is 1.97. The fourth-order valence-corrected chi connectivity index (χ4v) is 2.61. The maximum absolute atomic E-state index is 12.1. The summed E-state index contributed by atoms with van der Waals surface area (Å²) in [6.07, 6.45) is -9.49. The number of benzene rings is 2. The highest BCUT2D eigenvalue weighted by Crippen LogP contribution is 2.27. The lowest BCUT2D eigenvalue weighted by Gasteiger charge is -2.14. The van der Waals surface area contributed by atoms with E-state index in [0.717, 1.165) is 11.1 Å². The summed E-state index contributed by atoms with van der Waals surface area (Å²) in [5.41, 5.74) is 1.44. The molecule has 0 aliphatic rings. The van der Waals surface area contributed by atoms with E-state index in [9.17, 15) is 26.3 Å². The largest absolute Gasteiger partial charge is 0.573 e. The highest BCUT2D eigenvalue weighted by Gasteiger charge is 2.31. The van der Waals surface area contributed by atoms with E-state index in [1.54, 1.807) is 0 Å². The van der Waals surface area contributed by atoms with Crippen LogP contribution in [-0.4, -0.2) is 12.7 Å². The Kier molecular flexibility index (Phi) is 6.61. The van der Waals surface area contributed by atoms with Gasteiger partial charge in [0.25, 0.3) is 0 Å². The molecular weight excluding hydrogens is 479 g/mol. The van der Waals surface area contributed by atoms with Crippen molar-refractivity contribution < 1.29 is 35.8 Å². The SMILES string of the molecule is FC(F)(F)Oc1ccc(CNC(I)c2ccc(OC(F)(F)F)cc2)cc1. The molecule has 0 bridgehead atoms. The van der Waals surface area contributed by atoms with Gasteiger partial charge in [-0.1, -0.05) is 46.9 Å². The Bertz CT molecular complexity index is 701. The van der Waals surface area contributed by atoms with E-state index in [4.69, 9.17) is 0 Å². The third-order valence-electron chi connectivity index (χ3n) is 3.05. The van der Waals surface area contributed by atoms with Crippen molar-refractivity contribution in [3.05, 3.63) is 59.7 Å². The third-order valence-corrected chi connectivity index (χ3v) is 4.21. The van der Waals surface area contributed by atoms with E-state index >= 15 is 0 Å². The lowest BCUT2D eigenvalue weighted by Crippen LogP contribution is -2.18. The number of halogens is 7. The molecular formula is C16H12F6INO2. The molecule has 26 heavy (non-hydrogen) atoms. The molecule has 1 unspecified atom stereocenters. The minimum Gasteiger partial charge on any atom is -0.406 e. The summed E-state index contributed by atoms with van der Waals surface area (Å²) in [5, 5.41) is 3.11. The first kappa shape index (κ1) is 20.6. The van der Waals surface area contributed by atoms with E-state index < -0.39 is 12.7 Å². The van der Waals surface area contributed by atoms with Crippen LogP contribution in [0.2, 0.25) is 0 Å². The zero-order valence-electron chi connectivity index (χ0n) is 12.9. The number of hydrogen-bond acceptors (Lipinski definition) is 3. The summed E-state index contributed by atoms with van der Waals surface area (Å²) in [6, 6.07) is 10.8. The van der Waals surface area contributed by atoms with Crippen LogP contribution in [-0.2, 0) is 6.54 Å². The average molecular weight is 491 g/mol. The second-order valence-corrected chi connectivity index (χ2v) is 6.30. The molecule has 142 valence electrons. The van der Waals surface area contributed by atoms with Crippen LogP contribution in [0.25, 0.3) is 0 Å². The molecule has 0 saturated carbocycles. The van der Waals surface area contributed by atoms with E-state index in [2.05, 4.69) is 37.4 Å². The molecule has 0 saturated heterocycles. The molecule has 1 N–H and O–H groups in total. The third kappa shape index (κ3) is 7.28. The van der Waals surface area contributed by atoms with E-state index in [1.165, 1.54) is 48.5 Å². The van der Waals surface area contributed by atoms with Crippen molar-refractivity contribution in [2.45, 2.75) is 23.3 Å². The first-order valence-electron chi connectivity index (χ1n) is 7.10. The molecule has 1 atom stereocenters. The molecule has 0 aliphatic heterocycles. The van der Waals surface area contributed by atoms with Crippen LogP contribution in [0.1, 0.15) is 15.2 Å². The number of ether oxygens (including phenoxy) is 2. The topological polar surface area (TPSA) is 30.5 Å². The van der Waals surface area contributed by atoms with E-state index in [1.807, 2.05) is 0 Å². The molecule has 0 heterocycles. The molecule has 2 aromatic carbocycles. The van der Waals surface area contributed by atoms with Crippen molar-refractivity contribution in [3.63, 3.8) is 0 Å². The molecule has 0 aliphatic carbocycles. The number of nitrogens with one attached hydrogen (secondary N) is 1. The standard InChI is InChI=1S/C16H12F6INO2/c17-15(18,19)25-12-5-1-10(2-6-12)9-24-14(23)11-3-7-13(8-4-11)26-16(20,21)22/h1-8,14,24H,9H2. The van der Waals surface area contributed by atoms with Gasteiger partial charge in [0.05, 0.1) is 4.05 Å². The van der Waals surface area contributed by atoms with Crippen LogP contribution in [0.5, 0.6) is 11.5 Å². The Morgan fingerprint density at radius 2 is 1.19 bits per heavy atom. The fraction of sp³-hybridized carbons (Fsp3) is 0.250. The lowest BCUT2D eigenvalue weighted by molar-refractivity contribution is -0.275. The lowest BCUT2D eigenvalue weighted by atomic mass is 10.2. The monoisotopic (exact) mass is 491 g/mol. The van der Waals surface area contributed by atoms with Crippen molar-refractivity contribution in [2.24, 2.45) is 0 Å². The molecule has 0 amide bonds. The van der Waals surface area contributed by atoms with Crippen molar-refractivity contribution >= 4 is 22.6 Å². The van der Waals surface area contributed by atoms with Crippen molar-refractivity contribution in [3.8, 4) is 11.5 Å². The van der Waals surface area contributed by atoms with Crippen LogP contribution in [0.15, 0.2) is 48.5 Å². The van der Waals surface area contributed by atoms with Gasteiger partial charge in [0.15, 0.2) is 0 Å². The van der Waals surface area contributed by atoms with Gasteiger partial charge < -0.3 is 9.47 Å². The van der Waals surface area contributed by atoms with Crippen molar-refractivity contribution in [1.29, 1.82) is 0 Å². The van der Waals surface area contributed by atoms with Crippen LogP contribution >= 0.6 is 22.6 Å². The summed E-state index contributed by atoms with van der Waals surface area (Å²) < 4.78 is 80.0. The summed E-state index contributed by atoms with van der Waals surface area (Å²) in [6.45, 7) is 0.348. The van der Waals surface area contributed by atoms with Crippen molar-refractivity contribution in [1.82, 2.24) is 5.32 Å². The predicted molar refractivity (Wildman–Crippen MR) is 89.9 cm³/mol. The molecule has 0 spiro atoms. The van der Waals surface area contributed by atoms with Gasteiger partial charge in [0.2, 0.25) is 0 Å². The molecule has 0 aromatic heterocycles. The molecule has 10 heteroatoms. The number of rotatable bonds is 6.